The second-order valence-corrected chi connectivity index (χ2v) is 6.00. The maximum atomic E-state index is 12.2. The number of aliphatic hydroxyl groups is 1. The molecule has 1 rings (SSSR count). The SMILES string of the molecule is CC(O)CCC(=O)C1(C)CCN(C(C)C)CC1. The largest absolute Gasteiger partial charge is 0.393 e. The summed E-state index contributed by atoms with van der Waals surface area (Å²) in [7, 11) is 0. The number of hydrogen-bond donors (Lipinski definition) is 1. The van der Waals surface area contributed by atoms with Crippen LogP contribution < -0.4 is 0 Å². The summed E-state index contributed by atoms with van der Waals surface area (Å²) in [4.78, 5) is 14.6. The van der Waals surface area contributed by atoms with Crippen molar-refractivity contribution in [2.24, 2.45) is 5.41 Å². The molecule has 1 aliphatic rings. The lowest BCUT2D eigenvalue weighted by Gasteiger charge is -2.40. The maximum absolute atomic E-state index is 12.2. The standard InChI is InChI=1S/C14H27NO2/c1-11(2)15-9-7-14(4,8-10-15)13(17)6-5-12(3)16/h11-12,16H,5-10H2,1-4H3. The Balaban J connectivity index is 2.45. The predicted molar refractivity (Wildman–Crippen MR) is 70.0 cm³/mol. The van der Waals surface area contributed by atoms with Crippen LogP contribution in [0.2, 0.25) is 0 Å². The molecule has 0 spiro atoms. The summed E-state index contributed by atoms with van der Waals surface area (Å²) >= 11 is 0. The number of piperidine rings is 1. The molecule has 0 aromatic rings. The van der Waals surface area contributed by atoms with Crippen LogP contribution in [0.25, 0.3) is 0 Å². The van der Waals surface area contributed by atoms with E-state index in [0.717, 1.165) is 25.9 Å². The molecule has 1 aliphatic heterocycles. The number of Topliss-reactive ketones (excluding diaryl/α,β-unsaturated/α-hetero) is 1. The van der Waals surface area contributed by atoms with E-state index in [1.165, 1.54) is 0 Å². The third-order valence-electron chi connectivity index (χ3n) is 4.09. The van der Waals surface area contributed by atoms with Gasteiger partial charge in [-0.3, -0.25) is 4.79 Å². The third-order valence-corrected chi connectivity index (χ3v) is 4.09. The van der Waals surface area contributed by atoms with Gasteiger partial charge in [0.2, 0.25) is 0 Å². The second kappa shape index (κ2) is 5.96. The maximum Gasteiger partial charge on any atom is 0.138 e. The Morgan fingerprint density at radius 3 is 2.24 bits per heavy atom. The van der Waals surface area contributed by atoms with Crippen molar-refractivity contribution in [3.63, 3.8) is 0 Å². The van der Waals surface area contributed by atoms with Crippen LogP contribution in [0.3, 0.4) is 0 Å². The fourth-order valence-corrected chi connectivity index (χ4v) is 2.45. The van der Waals surface area contributed by atoms with Crippen LogP contribution in [0.5, 0.6) is 0 Å². The fraction of sp³-hybridized carbons (Fsp3) is 0.929. The molecule has 1 N–H and O–H groups in total. The summed E-state index contributed by atoms with van der Waals surface area (Å²) in [5.74, 6) is 0.335. The van der Waals surface area contributed by atoms with E-state index in [4.69, 9.17) is 0 Å². The number of carbonyl (C=O) groups is 1. The average molecular weight is 241 g/mol. The van der Waals surface area contributed by atoms with Crippen molar-refractivity contribution in [2.45, 2.75) is 65.5 Å². The molecule has 0 aromatic carbocycles. The zero-order valence-corrected chi connectivity index (χ0v) is 11.7. The first kappa shape index (κ1) is 14.7. The molecule has 0 amide bonds. The van der Waals surface area contributed by atoms with Gasteiger partial charge in [0.25, 0.3) is 0 Å². The minimum Gasteiger partial charge on any atom is -0.393 e. The molecule has 0 bridgehead atoms. The number of aliphatic hydroxyl groups excluding tert-OH is 1. The first-order chi connectivity index (χ1) is 7.85. The molecule has 1 atom stereocenters. The zero-order chi connectivity index (χ0) is 13.1. The Kier molecular flexibility index (Phi) is 5.14. The Morgan fingerprint density at radius 1 is 1.29 bits per heavy atom. The van der Waals surface area contributed by atoms with E-state index >= 15 is 0 Å². The van der Waals surface area contributed by atoms with Gasteiger partial charge in [0, 0.05) is 17.9 Å². The zero-order valence-electron chi connectivity index (χ0n) is 11.7. The fourth-order valence-electron chi connectivity index (χ4n) is 2.45. The molecule has 0 radical (unpaired) electrons. The molecule has 1 unspecified atom stereocenters. The van der Waals surface area contributed by atoms with Crippen LogP contribution in [-0.4, -0.2) is 41.0 Å². The van der Waals surface area contributed by atoms with Gasteiger partial charge in [-0.2, -0.15) is 0 Å². The minimum atomic E-state index is -0.363. The van der Waals surface area contributed by atoms with Crippen molar-refractivity contribution >= 4 is 5.78 Å². The Bertz CT molecular complexity index is 253. The number of likely N-dealkylation sites (tertiary alicyclic amines) is 1. The van der Waals surface area contributed by atoms with Gasteiger partial charge in [0.15, 0.2) is 0 Å². The summed E-state index contributed by atoms with van der Waals surface area (Å²) in [6.07, 6.45) is 2.68. The van der Waals surface area contributed by atoms with Gasteiger partial charge in [-0.1, -0.05) is 6.92 Å². The number of hydrogen-bond acceptors (Lipinski definition) is 3. The summed E-state index contributed by atoms with van der Waals surface area (Å²) in [6, 6.07) is 0.576. The van der Waals surface area contributed by atoms with E-state index in [0.29, 0.717) is 24.7 Å². The predicted octanol–water partition coefficient (Wildman–Crippen LogP) is 2.23. The summed E-state index contributed by atoms with van der Waals surface area (Å²) in [5, 5.41) is 9.24. The molecule has 0 aromatic heterocycles. The Labute approximate surface area is 105 Å². The lowest BCUT2D eigenvalue weighted by atomic mass is 9.75. The topological polar surface area (TPSA) is 40.5 Å². The van der Waals surface area contributed by atoms with E-state index in [9.17, 15) is 9.90 Å². The van der Waals surface area contributed by atoms with Gasteiger partial charge in [-0.05, 0) is 53.1 Å². The van der Waals surface area contributed by atoms with Crippen molar-refractivity contribution in [3.8, 4) is 0 Å². The molecule has 3 heteroatoms. The van der Waals surface area contributed by atoms with Crippen LogP contribution in [0.4, 0.5) is 0 Å². The highest BCUT2D eigenvalue weighted by Gasteiger charge is 2.36. The molecule has 0 aliphatic carbocycles. The second-order valence-electron chi connectivity index (χ2n) is 6.00. The van der Waals surface area contributed by atoms with Crippen molar-refractivity contribution in [1.82, 2.24) is 4.90 Å². The van der Waals surface area contributed by atoms with Crippen molar-refractivity contribution in [3.05, 3.63) is 0 Å². The average Bonchev–Trinajstić information content (AvgIpc) is 2.26. The van der Waals surface area contributed by atoms with Gasteiger partial charge in [0.05, 0.1) is 6.10 Å². The van der Waals surface area contributed by atoms with E-state index in [1.54, 1.807) is 6.92 Å². The monoisotopic (exact) mass is 241 g/mol. The first-order valence-electron chi connectivity index (χ1n) is 6.80. The van der Waals surface area contributed by atoms with Gasteiger partial charge >= 0.3 is 0 Å². The molecule has 1 saturated heterocycles. The van der Waals surface area contributed by atoms with Crippen molar-refractivity contribution in [2.75, 3.05) is 13.1 Å². The highest BCUT2D eigenvalue weighted by atomic mass is 16.3. The molecule has 17 heavy (non-hydrogen) atoms. The van der Waals surface area contributed by atoms with Gasteiger partial charge < -0.3 is 10.0 Å². The first-order valence-corrected chi connectivity index (χ1v) is 6.80. The lowest BCUT2D eigenvalue weighted by Crippen LogP contribution is -2.45. The van der Waals surface area contributed by atoms with E-state index in [-0.39, 0.29) is 11.5 Å². The third kappa shape index (κ3) is 4.07. The molecule has 0 saturated carbocycles. The van der Waals surface area contributed by atoms with E-state index in [2.05, 4.69) is 25.7 Å². The number of carbonyl (C=O) groups excluding carboxylic acids is 1. The summed E-state index contributed by atoms with van der Waals surface area (Å²) < 4.78 is 0. The molecule has 100 valence electrons. The highest BCUT2D eigenvalue weighted by molar-refractivity contribution is 5.84. The van der Waals surface area contributed by atoms with Crippen molar-refractivity contribution in [1.29, 1.82) is 0 Å². The van der Waals surface area contributed by atoms with Gasteiger partial charge in [0.1, 0.15) is 5.78 Å². The Morgan fingerprint density at radius 2 is 1.82 bits per heavy atom. The summed E-state index contributed by atoms with van der Waals surface area (Å²) in [5.41, 5.74) is -0.152. The van der Waals surface area contributed by atoms with Gasteiger partial charge in [-0.25, -0.2) is 0 Å². The van der Waals surface area contributed by atoms with Crippen LogP contribution in [-0.2, 0) is 4.79 Å². The van der Waals surface area contributed by atoms with Crippen molar-refractivity contribution < 1.29 is 9.90 Å². The molecule has 1 fully saturated rings. The molecular weight excluding hydrogens is 214 g/mol. The number of rotatable bonds is 5. The minimum absolute atomic E-state index is 0.152. The highest BCUT2D eigenvalue weighted by Crippen LogP contribution is 2.34. The van der Waals surface area contributed by atoms with Crippen LogP contribution in [0.1, 0.15) is 53.4 Å². The normalized spacial score (nSPS) is 22.7. The van der Waals surface area contributed by atoms with Gasteiger partial charge in [-0.15, -0.1) is 0 Å². The number of ketones is 1. The number of nitrogens with zero attached hydrogens (tertiary/aromatic N) is 1. The molecular formula is C14H27NO2. The van der Waals surface area contributed by atoms with Crippen LogP contribution in [0.15, 0.2) is 0 Å². The van der Waals surface area contributed by atoms with Crippen LogP contribution >= 0.6 is 0 Å². The van der Waals surface area contributed by atoms with E-state index in [1.807, 2.05) is 0 Å². The molecule has 3 nitrogen and oxygen atoms in total. The Hall–Kier alpha value is -0.410. The molecule has 1 heterocycles. The van der Waals surface area contributed by atoms with Crippen LogP contribution in [0, 0.1) is 5.41 Å². The lowest BCUT2D eigenvalue weighted by molar-refractivity contribution is -0.131. The smallest absolute Gasteiger partial charge is 0.138 e. The quantitative estimate of drug-likeness (QED) is 0.802. The van der Waals surface area contributed by atoms with E-state index < -0.39 is 0 Å². The summed E-state index contributed by atoms with van der Waals surface area (Å²) in [6.45, 7) is 10.3.